The molecule has 0 N–H and O–H groups in total. The topological polar surface area (TPSA) is 4.93 Å². The Morgan fingerprint density at radius 3 is 2.08 bits per heavy atom. The summed E-state index contributed by atoms with van der Waals surface area (Å²) in [6.45, 7) is 14.6. The summed E-state index contributed by atoms with van der Waals surface area (Å²) in [6.07, 6.45) is 3.69. The van der Waals surface area contributed by atoms with E-state index in [9.17, 15) is 0 Å². The van der Waals surface area contributed by atoms with Gasteiger partial charge in [0, 0.05) is 21.9 Å². The van der Waals surface area contributed by atoms with Gasteiger partial charge >= 0.3 is 0 Å². The Morgan fingerprint density at radius 2 is 1.29 bits per heavy atom. The maximum atomic E-state index is 2.62. The largest absolute Gasteiger partial charge is 0.309 e. The van der Waals surface area contributed by atoms with Crippen molar-refractivity contribution in [2.75, 3.05) is 0 Å². The van der Waals surface area contributed by atoms with Gasteiger partial charge in [-0.05, 0) is 133 Å². The molecule has 0 saturated carbocycles. The van der Waals surface area contributed by atoms with Gasteiger partial charge in [-0.2, -0.15) is 0 Å². The van der Waals surface area contributed by atoms with Gasteiger partial charge in [0.05, 0.1) is 11.0 Å². The van der Waals surface area contributed by atoms with Crippen LogP contribution in [0, 0.1) is 5.92 Å². The maximum absolute atomic E-state index is 2.62. The van der Waals surface area contributed by atoms with Gasteiger partial charge in [-0.25, -0.2) is 0 Å². The summed E-state index contributed by atoms with van der Waals surface area (Å²) in [6, 6.07) is 43.3. The third-order valence-electron chi connectivity index (χ3n) is 12.7. The molecule has 1 unspecified atom stereocenters. The van der Waals surface area contributed by atoms with Crippen molar-refractivity contribution in [3.05, 3.63) is 149 Å². The number of rotatable bonds is 2. The minimum absolute atomic E-state index is 0.0670. The molecule has 1 atom stereocenters. The number of para-hydroxylation sites is 2. The summed E-state index contributed by atoms with van der Waals surface area (Å²) in [5, 5.41) is 5.48. The second-order valence-electron chi connectivity index (χ2n) is 15.9. The molecule has 7 aromatic rings. The van der Waals surface area contributed by atoms with Crippen LogP contribution in [0.15, 0.2) is 127 Å². The Kier molecular flexibility index (Phi) is 5.73. The van der Waals surface area contributed by atoms with E-state index >= 15 is 0 Å². The summed E-state index contributed by atoms with van der Waals surface area (Å²) < 4.78 is 2.45. The molecule has 0 bridgehead atoms. The first-order valence-corrected chi connectivity index (χ1v) is 17.9. The Bertz CT molecular complexity index is 2640. The zero-order chi connectivity index (χ0) is 33.4. The average Bonchev–Trinajstić information content (AvgIpc) is 3.68. The number of aromatic nitrogens is 1. The fourth-order valence-electron chi connectivity index (χ4n) is 9.73. The summed E-state index contributed by atoms with van der Waals surface area (Å²) >= 11 is 0. The van der Waals surface area contributed by atoms with Gasteiger partial charge in [0.2, 0.25) is 0 Å². The highest BCUT2D eigenvalue weighted by Gasteiger charge is 2.41. The van der Waals surface area contributed by atoms with E-state index in [-0.39, 0.29) is 10.8 Å². The van der Waals surface area contributed by atoms with Crippen molar-refractivity contribution in [1.82, 2.24) is 4.57 Å². The van der Waals surface area contributed by atoms with Crippen LogP contribution in [0.25, 0.3) is 71.7 Å². The molecular formula is C48H41N. The van der Waals surface area contributed by atoms with Crippen molar-refractivity contribution in [3.8, 4) is 27.9 Å². The number of hydrogen-bond acceptors (Lipinski definition) is 0. The first-order chi connectivity index (χ1) is 23.7. The minimum Gasteiger partial charge on any atom is -0.309 e. The summed E-state index contributed by atoms with van der Waals surface area (Å²) in [5.41, 5.74) is 19.3. The Hall–Kier alpha value is -5.14. The van der Waals surface area contributed by atoms with Crippen molar-refractivity contribution in [2.45, 2.75) is 58.8 Å². The predicted molar refractivity (Wildman–Crippen MR) is 210 cm³/mol. The molecule has 1 heterocycles. The molecule has 238 valence electrons. The van der Waals surface area contributed by atoms with Gasteiger partial charge in [0.15, 0.2) is 0 Å². The first kappa shape index (κ1) is 28.8. The van der Waals surface area contributed by atoms with Crippen LogP contribution in [-0.2, 0) is 10.8 Å². The lowest BCUT2D eigenvalue weighted by Crippen LogP contribution is -2.32. The van der Waals surface area contributed by atoms with Crippen LogP contribution >= 0.6 is 0 Å². The zero-order valence-electron chi connectivity index (χ0n) is 29.3. The van der Waals surface area contributed by atoms with E-state index in [1.807, 2.05) is 0 Å². The fraction of sp³-hybridized carbons (Fsp3) is 0.208. The van der Waals surface area contributed by atoms with E-state index in [0.717, 1.165) is 6.42 Å². The van der Waals surface area contributed by atoms with Gasteiger partial charge in [0.25, 0.3) is 0 Å². The molecule has 0 amide bonds. The lowest BCUT2D eigenvalue weighted by molar-refractivity contribution is 0.340. The minimum atomic E-state index is -0.127. The van der Waals surface area contributed by atoms with Crippen LogP contribution in [0.1, 0.15) is 70.2 Å². The van der Waals surface area contributed by atoms with E-state index < -0.39 is 0 Å². The molecule has 3 aliphatic rings. The van der Waals surface area contributed by atoms with E-state index in [4.69, 9.17) is 0 Å². The summed E-state index contributed by atoms with van der Waals surface area (Å²) in [7, 11) is 0. The third-order valence-corrected chi connectivity index (χ3v) is 12.7. The number of allylic oxidation sites excluding steroid dienone is 4. The highest BCUT2D eigenvalue weighted by atomic mass is 15.0. The van der Waals surface area contributed by atoms with E-state index in [0.29, 0.717) is 5.92 Å². The highest BCUT2D eigenvalue weighted by Crippen LogP contribution is 2.57. The van der Waals surface area contributed by atoms with E-state index in [1.165, 1.54) is 99.5 Å². The second-order valence-corrected chi connectivity index (χ2v) is 15.9. The molecule has 3 aliphatic carbocycles. The van der Waals surface area contributed by atoms with E-state index in [1.54, 1.807) is 0 Å². The monoisotopic (exact) mass is 631 g/mol. The summed E-state index contributed by atoms with van der Waals surface area (Å²) in [5.74, 6) is 0.517. The van der Waals surface area contributed by atoms with Gasteiger partial charge in [-0.1, -0.05) is 120 Å². The standard InChI is InChI=1S/C48H41N/c1-28-23-30(45-36-21-14-20-35-32-17-10-11-18-33(32)39(46(35)36)26-42(45)47(28,3)4)24-40-29(2)37-27-44-38(25-41(37)48(40,5)6)34-19-12-13-22-43(34)49(44)31-15-8-7-9-16-31/h7-22,24-28H,23H2,1-6H3. The highest BCUT2D eigenvalue weighted by molar-refractivity contribution is 6.18. The smallest absolute Gasteiger partial charge is 0.0547 e. The fourth-order valence-corrected chi connectivity index (χ4v) is 9.73. The third kappa shape index (κ3) is 3.71. The number of nitrogens with zero attached hydrogens (tertiary/aromatic N) is 1. The molecule has 0 radical (unpaired) electrons. The Labute approximate surface area is 289 Å². The number of benzene rings is 6. The Morgan fingerprint density at radius 1 is 0.612 bits per heavy atom. The maximum Gasteiger partial charge on any atom is 0.0547 e. The van der Waals surface area contributed by atoms with Crippen LogP contribution in [0.4, 0.5) is 0 Å². The number of hydrogen-bond donors (Lipinski definition) is 0. The molecule has 0 fully saturated rings. The molecule has 0 saturated heterocycles. The van der Waals surface area contributed by atoms with Gasteiger partial charge in [-0.3, -0.25) is 0 Å². The summed E-state index contributed by atoms with van der Waals surface area (Å²) in [4.78, 5) is 0. The van der Waals surface area contributed by atoms with Crippen LogP contribution in [0.3, 0.4) is 0 Å². The number of fused-ring (bicyclic) bond motifs is 9. The molecule has 1 heteroatoms. The second kappa shape index (κ2) is 9.73. The van der Waals surface area contributed by atoms with Gasteiger partial charge < -0.3 is 4.57 Å². The van der Waals surface area contributed by atoms with Crippen molar-refractivity contribution < 1.29 is 0 Å². The van der Waals surface area contributed by atoms with Crippen LogP contribution in [0.2, 0.25) is 0 Å². The quantitative estimate of drug-likeness (QED) is 0.179. The van der Waals surface area contributed by atoms with Crippen molar-refractivity contribution in [1.29, 1.82) is 0 Å². The van der Waals surface area contributed by atoms with Crippen molar-refractivity contribution in [2.24, 2.45) is 5.92 Å². The zero-order valence-corrected chi connectivity index (χ0v) is 29.3. The molecule has 1 nitrogen and oxygen atoms in total. The molecule has 6 aromatic carbocycles. The lowest BCUT2D eigenvalue weighted by Gasteiger charge is -2.41. The Balaban J connectivity index is 1.22. The molecule has 0 spiro atoms. The van der Waals surface area contributed by atoms with Gasteiger partial charge in [-0.15, -0.1) is 0 Å². The van der Waals surface area contributed by atoms with Gasteiger partial charge in [0.1, 0.15) is 0 Å². The average molecular weight is 632 g/mol. The molecule has 0 aliphatic heterocycles. The molecule has 1 aromatic heterocycles. The molecular weight excluding hydrogens is 591 g/mol. The van der Waals surface area contributed by atoms with Crippen LogP contribution in [0.5, 0.6) is 0 Å². The van der Waals surface area contributed by atoms with Crippen LogP contribution in [-0.4, -0.2) is 4.57 Å². The first-order valence-electron chi connectivity index (χ1n) is 17.9. The SMILES string of the molecule is CC1=C(C=C2CC(C)C(C)(C)c3cc4c5c(cccc5c32)-c2ccccc2-4)C(C)(C)c2cc3c4ccccc4n(-c4ccccc4)c3cc21. The predicted octanol–water partition coefficient (Wildman–Crippen LogP) is 13.0. The lowest BCUT2D eigenvalue weighted by atomic mass is 9.63. The van der Waals surface area contributed by atoms with Crippen LogP contribution < -0.4 is 0 Å². The van der Waals surface area contributed by atoms with E-state index in [2.05, 4.69) is 167 Å². The molecule has 10 rings (SSSR count). The normalized spacial score (nSPS) is 19.2. The van der Waals surface area contributed by atoms with Crippen molar-refractivity contribution in [3.63, 3.8) is 0 Å². The molecule has 49 heavy (non-hydrogen) atoms. The van der Waals surface area contributed by atoms with Crippen molar-refractivity contribution >= 4 is 43.7 Å².